The summed E-state index contributed by atoms with van der Waals surface area (Å²) in [4.78, 5) is 27.3. The van der Waals surface area contributed by atoms with E-state index in [1.807, 2.05) is 31.2 Å². The van der Waals surface area contributed by atoms with E-state index in [-0.39, 0.29) is 23.7 Å². The fourth-order valence-corrected chi connectivity index (χ4v) is 5.13. The Balaban J connectivity index is 1.49. The van der Waals surface area contributed by atoms with Gasteiger partial charge in [0.15, 0.2) is 0 Å². The van der Waals surface area contributed by atoms with Crippen molar-refractivity contribution >= 4 is 11.8 Å². The molecule has 6 atom stereocenters. The smallest absolute Gasteiger partial charge is 0.234 e. The lowest BCUT2D eigenvalue weighted by Crippen LogP contribution is -2.40. The molecule has 0 aromatic heterocycles. The van der Waals surface area contributed by atoms with Crippen molar-refractivity contribution in [2.24, 2.45) is 35.5 Å². The zero-order chi connectivity index (χ0) is 15.0. The molecule has 1 aromatic carbocycles. The van der Waals surface area contributed by atoms with Gasteiger partial charge in [-0.2, -0.15) is 0 Å². The van der Waals surface area contributed by atoms with Gasteiger partial charge in [0, 0.05) is 0 Å². The number of likely N-dealkylation sites (tertiary alicyclic amines) is 1. The molecule has 0 radical (unpaired) electrons. The van der Waals surface area contributed by atoms with Crippen LogP contribution in [0, 0.1) is 42.4 Å². The Morgan fingerprint density at radius 2 is 1.59 bits per heavy atom. The largest absolute Gasteiger partial charge is 0.278 e. The van der Waals surface area contributed by atoms with Crippen molar-refractivity contribution in [3.63, 3.8) is 0 Å². The Hall–Kier alpha value is -1.90. The number of hydrogen-bond acceptors (Lipinski definition) is 2. The van der Waals surface area contributed by atoms with Gasteiger partial charge in [-0.3, -0.25) is 14.5 Å². The average molecular weight is 293 g/mol. The highest BCUT2D eigenvalue weighted by Crippen LogP contribution is 2.65. The maximum absolute atomic E-state index is 12.9. The van der Waals surface area contributed by atoms with Crippen LogP contribution >= 0.6 is 0 Å². The maximum atomic E-state index is 12.9. The molecule has 0 N–H and O–H groups in total. The Morgan fingerprint density at radius 3 is 2.18 bits per heavy atom. The molecule has 112 valence electrons. The molecular weight excluding hydrogens is 274 g/mol. The van der Waals surface area contributed by atoms with Crippen molar-refractivity contribution in [3.05, 3.63) is 47.5 Å². The number of allylic oxidation sites excluding steroid dienone is 2. The zero-order valence-corrected chi connectivity index (χ0v) is 12.6. The van der Waals surface area contributed by atoms with Gasteiger partial charge in [0.25, 0.3) is 0 Å². The van der Waals surface area contributed by atoms with E-state index >= 15 is 0 Å². The molecule has 0 unspecified atom stereocenters. The Kier molecular flexibility index (Phi) is 2.35. The van der Waals surface area contributed by atoms with Gasteiger partial charge in [-0.15, -0.1) is 0 Å². The molecular formula is C19H19NO2. The van der Waals surface area contributed by atoms with E-state index in [2.05, 4.69) is 12.2 Å². The summed E-state index contributed by atoms with van der Waals surface area (Å²) in [6, 6.07) is 8.01. The summed E-state index contributed by atoms with van der Waals surface area (Å²) in [7, 11) is 0. The first-order valence-corrected chi connectivity index (χ1v) is 8.25. The standard InChI is InChI=1S/C19H19NO2/c1-10-4-2-3-5-11(10)9-20-18(21)16-12-6-7-13(15-8-14(12)15)17(16)19(20)22/h2-7,12-17H,8-9H2,1H3/t12-,13-,14-,15-,16+,17+/m0/s1. The first-order valence-electron chi connectivity index (χ1n) is 8.25. The fraction of sp³-hybridized carbons (Fsp3) is 0.474. The molecule has 2 saturated carbocycles. The van der Waals surface area contributed by atoms with Crippen LogP contribution in [0.1, 0.15) is 17.5 Å². The lowest BCUT2D eigenvalue weighted by molar-refractivity contribution is -0.140. The van der Waals surface area contributed by atoms with Gasteiger partial charge in [0.1, 0.15) is 0 Å². The second-order valence-electron chi connectivity index (χ2n) is 7.34. The first kappa shape index (κ1) is 12.6. The summed E-state index contributed by atoms with van der Waals surface area (Å²) in [6.45, 7) is 2.47. The molecule has 3 heteroatoms. The number of benzene rings is 1. The van der Waals surface area contributed by atoms with E-state index in [0.29, 0.717) is 30.2 Å². The van der Waals surface area contributed by atoms with Crippen LogP contribution in [0.15, 0.2) is 36.4 Å². The number of amides is 2. The van der Waals surface area contributed by atoms with Crippen LogP contribution in [0.5, 0.6) is 0 Å². The minimum atomic E-state index is -0.0738. The van der Waals surface area contributed by atoms with E-state index in [4.69, 9.17) is 0 Å². The van der Waals surface area contributed by atoms with Crippen LogP contribution in [0.4, 0.5) is 0 Å². The lowest BCUT2D eigenvalue weighted by Gasteiger charge is -2.37. The summed E-state index contributed by atoms with van der Waals surface area (Å²) in [5.74, 6) is 1.98. The van der Waals surface area contributed by atoms with Crippen LogP contribution in [0.2, 0.25) is 0 Å². The molecule has 2 amide bonds. The Bertz CT molecular complexity index is 686. The third-order valence-corrected chi connectivity index (χ3v) is 6.34. The third kappa shape index (κ3) is 1.47. The second kappa shape index (κ2) is 4.09. The number of aryl methyl sites for hydroxylation is 1. The summed E-state index contributed by atoms with van der Waals surface area (Å²) >= 11 is 0. The van der Waals surface area contributed by atoms with E-state index in [9.17, 15) is 9.59 Å². The van der Waals surface area contributed by atoms with Crippen molar-refractivity contribution in [2.45, 2.75) is 19.9 Å². The van der Waals surface area contributed by atoms with Crippen molar-refractivity contribution in [1.29, 1.82) is 0 Å². The molecule has 1 aliphatic heterocycles. The molecule has 5 aliphatic rings. The summed E-state index contributed by atoms with van der Waals surface area (Å²) in [5.41, 5.74) is 2.22. The highest BCUT2D eigenvalue weighted by Gasteiger charge is 2.66. The van der Waals surface area contributed by atoms with E-state index < -0.39 is 0 Å². The monoisotopic (exact) mass is 293 g/mol. The van der Waals surface area contributed by atoms with Crippen molar-refractivity contribution in [2.75, 3.05) is 0 Å². The molecule has 22 heavy (non-hydrogen) atoms. The van der Waals surface area contributed by atoms with Gasteiger partial charge >= 0.3 is 0 Å². The van der Waals surface area contributed by atoms with Crippen molar-refractivity contribution < 1.29 is 9.59 Å². The SMILES string of the molecule is Cc1ccccc1CN1C(=O)[C@@H]2[C@H]3C=C[C@@H]([C@@H]4C[C@@H]34)[C@H]2C1=O. The Labute approximate surface area is 130 Å². The van der Waals surface area contributed by atoms with Gasteiger partial charge < -0.3 is 0 Å². The number of hydrogen-bond donors (Lipinski definition) is 0. The van der Waals surface area contributed by atoms with Gasteiger partial charge in [0.05, 0.1) is 18.4 Å². The summed E-state index contributed by atoms with van der Waals surface area (Å²) in [6.07, 6.45) is 5.67. The van der Waals surface area contributed by atoms with Gasteiger partial charge in [-0.1, -0.05) is 36.4 Å². The van der Waals surface area contributed by atoms with Gasteiger partial charge in [0.2, 0.25) is 11.8 Å². The van der Waals surface area contributed by atoms with Gasteiger partial charge in [-0.05, 0) is 48.1 Å². The molecule has 4 aliphatic carbocycles. The van der Waals surface area contributed by atoms with Crippen LogP contribution in [0.25, 0.3) is 0 Å². The minimum absolute atomic E-state index is 0.0722. The van der Waals surface area contributed by atoms with Crippen molar-refractivity contribution in [1.82, 2.24) is 4.90 Å². The third-order valence-electron chi connectivity index (χ3n) is 6.34. The molecule has 0 spiro atoms. The highest BCUT2D eigenvalue weighted by molar-refractivity contribution is 6.06. The molecule has 1 saturated heterocycles. The topological polar surface area (TPSA) is 37.4 Å². The average Bonchev–Trinajstić information content (AvgIpc) is 3.30. The quantitative estimate of drug-likeness (QED) is 0.621. The highest BCUT2D eigenvalue weighted by atomic mass is 16.2. The molecule has 2 bridgehead atoms. The second-order valence-corrected chi connectivity index (χ2v) is 7.34. The molecule has 3 fully saturated rings. The summed E-state index contributed by atoms with van der Waals surface area (Å²) in [5, 5.41) is 0. The summed E-state index contributed by atoms with van der Waals surface area (Å²) < 4.78 is 0. The van der Waals surface area contributed by atoms with Crippen LogP contribution in [-0.2, 0) is 16.1 Å². The maximum Gasteiger partial charge on any atom is 0.234 e. The van der Waals surface area contributed by atoms with E-state index in [1.165, 1.54) is 11.3 Å². The normalized spacial score (nSPS) is 40.9. The lowest BCUT2D eigenvalue weighted by atomic mass is 9.63. The number of rotatable bonds is 2. The molecule has 1 heterocycles. The van der Waals surface area contributed by atoms with Crippen molar-refractivity contribution in [3.8, 4) is 0 Å². The number of nitrogens with zero attached hydrogens (tertiary/aromatic N) is 1. The predicted octanol–water partition coefficient (Wildman–Crippen LogP) is 2.55. The van der Waals surface area contributed by atoms with E-state index in [0.717, 1.165) is 11.1 Å². The molecule has 1 aromatic rings. The minimum Gasteiger partial charge on any atom is -0.278 e. The number of carbonyl (C=O) groups is 2. The van der Waals surface area contributed by atoms with Crippen LogP contribution in [0.3, 0.4) is 0 Å². The van der Waals surface area contributed by atoms with Crippen LogP contribution < -0.4 is 0 Å². The molecule has 3 nitrogen and oxygen atoms in total. The number of carbonyl (C=O) groups excluding carboxylic acids is 2. The first-order chi connectivity index (χ1) is 10.7. The Morgan fingerprint density at radius 1 is 1.00 bits per heavy atom. The molecule has 6 rings (SSSR count). The van der Waals surface area contributed by atoms with Gasteiger partial charge in [-0.25, -0.2) is 0 Å². The number of imide groups is 1. The van der Waals surface area contributed by atoms with Crippen LogP contribution in [-0.4, -0.2) is 16.7 Å². The zero-order valence-electron chi connectivity index (χ0n) is 12.6. The van der Waals surface area contributed by atoms with E-state index in [1.54, 1.807) is 0 Å². The fourth-order valence-electron chi connectivity index (χ4n) is 5.13. The predicted molar refractivity (Wildman–Crippen MR) is 81.4 cm³/mol.